The van der Waals surface area contributed by atoms with Crippen molar-refractivity contribution >= 4 is 26.7 Å². The van der Waals surface area contributed by atoms with Crippen LogP contribution in [0.1, 0.15) is 16.4 Å². The molecule has 8 heteroatoms. The topological polar surface area (TPSA) is 107 Å². The molecule has 1 atom stereocenters. The lowest BCUT2D eigenvalue weighted by Gasteiger charge is -2.10. The Morgan fingerprint density at radius 1 is 1.00 bits per heavy atom. The first kappa shape index (κ1) is 18.8. The average Bonchev–Trinajstić information content (AvgIpc) is 2.86. The summed E-state index contributed by atoms with van der Waals surface area (Å²) >= 11 is 0. The van der Waals surface area contributed by atoms with E-state index in [-0.39, 0.29) is 22.6 Å². The first-order chi connectivity index (χ1) is 13.0. The zero-order valence-corrected chi connectivity index (χ0v) is 14.9. The smallest absolute Gasteiger partial charge is 0.432 e. The van der Waals surface area contributed by atoms with Gasteiger partial charge in [0.2, 0.25) is 5.78 Å². The second-order valence-electron chi connectivity index (χ2n) is 5.65. The van der Waals surface area contributed by atoms with E-state index in [1.165, 1.54) is 24.3 Å². The van der Waals surface area contributed by atoms with E-state index in [1.54, 1.807) is 36.4 Å². The van der Waals surface area contributed by atoms with E-state index < -0.39 is 39.4 Å². The maximum atomic E-state index is 13.2. The zero-order chi connectivity index (χ0) is 19.4. The number of carbonyl (C=O) groups is 2. The molecule has 0 bridgehead atoms. The standard InChI is InChI=1S/C19H16O7S/c20-11-12-25-19(22)26-16-15(21)17(13-7-3-1-4-8-13)27(23,24)18(16)14-9-5-2-6-10-14/h1-10,17,20H,11-12H2. The van der Waals surface area contributed by atoms with Gasteiger partial charge in [0.1, 0.15) is 11.5 Å². The van der Waals surface area contributed by atoms with Crippen molar-refractivity contribution in [2.45, 2.75) is 5.25 Å². The number of sulfone groups is 1. The van der Waals surface area contributed by atoms with Gasteiger partial charge in [-0.2, -0.15) is 0 Å². The van der Waals surface area contributed by atoms with Gasteiger partial charge >= 0.3 is 6.16 Å². The predicted molar refractivity (Wildman–Crippen MR) is 96.0 cm³/mol. The van der Waals surface area contributed by atoms with Gasteiger partial charge in [0, 0.05) is 0 Å². The van der Waals surface area contributed by atoms with Crippen molar-refractivity contribution in [1.29, 1.82) is 0 Å². The van der Waals surface area contributed by atoms with Crippen LogP contribution in [0, 0.1) is 0 Å². The van der Waals surface area contributed by atoms with Crippen LogP contribution in [0.3, 0.4) is 0 Å². The van der Waals surface area contributed by atoms with Crippen LogP contribution >= 0.6 is 0 Å². The van der Waals surface area contributed by atoms with Gasteiger partial charge in [-0.3, -0.25) is 4.79 Å². The maximum Gasteiger partial charge on any atom is 0.514 e. The second kappa shape index (κ2) is 7.73. The van der Waals surface area contributed by atoms with E-state index in [9.17, 15) is 18.0 Å². The molecule has 2 aromatic carbocycles. The molecule has 0 aliphatic carbocycles. The summed E-state index contributed by atoms with van der Waals surface area (Å²) in [6.07, 6.45) is -1.26. The van der Waals surface area contributed by atoms with Gasteiger partial charge in [0.25, 0.3) is 0 Å². The summed E-state index contributed by atoms with van der Waals surface area (Å²) in [6.45, 7) is -0.769. The number of hydrogen-bond acceptors (Lipinski definition) is 7. The van der Waals surface area contributed by atoms with Gasteiger partial charge in [-0.25, -0.2) is 13.2 Å². The summed E-state index contributed by atoms with van der Waals surface area (Å²) in [7, 11) is -4.15. The summed E-state index contributed by atoms with van der Waals surface area (Å²) < 4.78 is 35.9. The molecule has 0 saturated heterocycles. The Hall–Kier alpha value is -2.97. The normalized spacial score (nSPS) is 18.4. The number of aliphatic hydroxyl groups is 1. The molecule has 0 saturated carbocycles. The summed E-state index contributed by atoms with van der Waals surface area (Å²) in [5.41, 5.74) is 0.507. The van der Waals surface area contributed by atoms with Crippen LogP contribution in [-0.2, 0) is 24.1 Å². The molecule has 1 aliphatic rings. The van der Waals surface area contributed by atoms with Crippen molar-refractivity contribution < 1.29 is 32.6 Å². The van der Waals surface area contributed by atoms with Crippen LogP contribution in [0.5, 0.6) is 0 Å². The third-order valence-electron chi connectivity index (χ3n) is 3.90. The highest BCUT2D eigenvalue weighted by atomic mass is 32.2. The van der Waals surface area contributed by atoms with Crippen molar-refractivity contribution in [3.8, 4) is 0 Å². The van der Waals surface area contributed by atoms with E-state index in [0.717, 1.165) is 0 Å². The van der Waals surface area contributed by atoms with Crippen LogP contribution in [0.15, 0.2) is 66.4 Å². The number of allylic oxidation sites excluding steroid dienone is 1. The van der Waals surface area contributed by atoms with Gasteiger partial charge in [-0.1, -0.05) is 60.7 Å². The molecule has 1 unspecified atom stereocenters. The summed E-state index contributed by atoms with van der Waals surface area (Å²) in [5, 5.41) is 7.22. The lowest BCUT2D eigenvalue weighted by molar-refractivity contribution is -0.117. The zero-order valence-electron chi connectivity index (χ0n) is 14.1. The first-order valence-electron chi connectivity index (χ1n) is 8.05. The van der Waals surface area contributed by atoms with Gasteiger partial charge in [0.15, 0.2) is 20.8 Å². The maximum absolute atomic E-state index is 13.2. The number of aliphatic hydroxyl groups excluding tert-OH is 1. The van der Waals surface area contributed by atoms with E-state index in [2.05, 4.69) is 4.74 Å². The van der Waals surface area contributed by atoms with E-state index in [0.29, 0.717) is 0 Å². The number of ketones is 1. The molecule has 27 heavy (non-hydrogen) atoms. The highest BCUT2D eigenvalue weighted by Crippen LogP contribution is 2.44. The molecule has 0 amide bonds. The first-order valence-corrected chi connectivity index (χ1v) is 9.59. The molecule has 7 nitrogen and oxygen atoms in total. The minimum Gasteiger partial charge on any atom is -0.432 e. The molecule has 0 radical (unpaired) electrons. The number of rotatable bonds is 5. The highest BCUT2D eigenvalue weighted by Gasteiger charge is 2.50. The number of hydrogen-bond donors (Lipinski definition) is 1. The quantitative estimate of drug-likeness (QED) is 0.783. The van der Waals surface area contributed by atoms with Gasteiger partial charge in [-0.15, -0.1) is 0 Å². The van der Waals surface area contributed by atoms with Crippen molar-refractivity contribution in [2.75, 3.05) is 13.2 Å². The molecule has 1 N–H and O–H groups in total. The fraction of sp³-hybridized carbons (Fsp3) is 0.158. The van der Waals surface area contributed by atoms with Crippen molar-refractivity contribution in [3.63, 3.8) is 0 Å². The van der Waals surface area contributed by atoms with Crippen molar-refractivity contribution in [3.05, 3.63) is 77.5 Å². The van der Waals surface area contributed by atoms with Crippen LogP contribution < -0.4 is 0 Å². The van der Waals surface area contributed by atoms with E-state index in [4.69, 9.17) is 9.84 Å². The third-order valence-corrected chi connectivity index (χ3v) is 5.99. The van der Waals surface area contributed by atoms with Gasteiger partial charge in [-0.05, 0) is 11.1 Å². The molecule has 140 valence electrons. The number of Topliss-reactive ketones (excluding diaryl/α,β-unsaturated/α-hetero) is 1. The second-order valence-corrected chi connectivity index (χ2v) is 7.62. The highest BCUT2D eigenvalue weighted by molar-refractivity contribution is 8.02. The monoisotopic (exact) mass is 388 g/mol. The molecule has 2 aromatic rings. The SMILES string of the molecule is O=C(OCCO)OC1=C(c2ccccc2)S(=O)(=O)C(c2ccccc2)C1=O. The predicted octanol–water partition coefficient (Wildman–Crippen LogP) is 2.24. The Morgan fingerprint density at radius 2 is 1.59 bits per heavy atom. The number of ether oxygens (including phenoxy) is 2. The van der Waals surface area contributed by atoms with Gasteiger partial charge in [0.05, 0.1) is 6.61 Å². The Balaban J connectivity index is 2.11. The Morgan fingerprint density at radius 3 is 2.19 bits per heavy atom. The lowest BCUT2D eigenvalue weighted by atomic mass is 10.1. The lowest BCUT2D eigenvalue weighted by Crippen LogP contribution is -2.18. The number of carbonyl (C=O) groups excluding carboxylic acids is 2. The Kier molecular flexibility index (Phi) is 5.38. The van der Waals surface area contributed by atoms with Crippen LogP contribution in [0.25, 0.3) is 4.91 Å². The minimum atomic E-state index is -4.15. The molecule has 0 spiro atoms. The molecule has 0 fully saturated rings. The van der Waals surface area contributed by atoms with Crippen LogP contribution in [0.4, 0.5) is 4.79 Å². The third kappa shape index (κ3) is 3.62. The number of benzene rings is 2. The molecule has 0 aromatic heterocycles. The fourth-order valence-electron chi connectivity index (χ4n) is 2.80. The Bertz CT molecular complexity index is 979. The van der Waals surface area contributed by atoms with Crippen LogP contribution in [-0.4, -0.2) is 38.7 Å². The molecular weight excluding hydrogens is 372 g/mol. The molecule has 1 aliphatic heterocycles. The van der Waals surface area contributed by atoms with Crippen molar-refractivity contribution in [2.24, 2.45) is 0 Å². The Labute approximate surface area is 155 Å². The molecule has 1 heterocycles. The van der Waals surface area contributed by atoms with Gasteiger partial charge < -0.3 is 14.6 Å². The van der Waals surface area contributed by atoms with E-state index >= 15 is 0 Å². The molecular formula is C19H16O7S. The summed E-state index contributed by atoms with van der Waals surface area (Å²) in [4.78, 5) is 24.3. The largest absolute Gasteiger partial charge is 0.514 e. The summed E-state index contributed by atoms with van der Waals surface area (Å²) in [6, 6.07) is 15.9. The average molecular weight is 388 g/mol. The van der Waals surface area contributed by atoms with Crippen LogP contribution in [0.2, 0.25) is 0 Å². The van der Waals surface area contributed by atoms with Crippen molar-refractivity contribution in [1.82, 2.24) is 0 Å². The fourth-order valence-corrected chi connectivity index (χ4v) is 4.81. The van der Waals surface area contributed by atoms with E-state index in [1.807, 2.05) is 0 Å². The minimum absolute atomic E-state index is 0.231. The molecule has 3 rings (SSSR count). The summed E-state index contributed by atoms with van der Waals surface area (Å²) in [5.74, 6) is -1.43.